The van der Waals surface area contributed by atoms with Gasteiger partial charge in [0.2, 0.25) is 5.88 Å². The molecule has 6 heterocycles. The molecule has 0 spiro atoms. The van der Waals surface area contributed by atoms with Gasteiger partial charge in [0.15, 0.2) is 0 Å². The average molecular weight is 642 g/mol. The predicted octanol–water partition coefficient (Wildman–Crippen LogP) is 4.94. The molecule has 0 unspecified atom stereocenters. The number of carbonyl (C=O) groups excluding carboxylic acids is 2. The van der Waals surface area contributed by atoms with Gasteiger partial charge in [0.25, 0.3) is 0 Å². The van der Waals surface area contributed by atoms with Gasteiger partial charge in [-0.25, -0.2) is 14.6 Å². The van der Waals surface area contributed by atoms with Gasteiger partial charge in [0, 0.05) is 38.3 Å². The lowest BCUT2D eigenvalue weighted by atomic mass is 9.93. The first-order valence-corrected chi connectivity index (χ1v) is 15.8. The van der Waals surface area contributed by atoms with E-state index >= 15 is 0 Å². The molecule has 2 N–H and O–H groups in total. The lowest BCUT2D eigenvalue weighted by Gasteiger charge is -2.25. The van der Waals surface area contributed by atoms with Crippen LogP contribution in [0, 0.1) is 0 Å². The van der Waals surface area contributed by atoms with Gasteiger partial charge in [0.1, 0.15) is 17.4 Å². The first-order valence-electron chi connectivity index (χ1n) is 15.8. The number of amides is 1. The molecule has 4 atom stereocenters. The fraction of sp³-hybridized carbons (Fsp3) is 0.441. The number of carbonyl (C=O) groups is 2. The van der Waals surface area contributed by atoms with E-state index in [1.54, 1.807) is 54.9 Å². The first kappa shape index (κ1) is 30.6. The Hall–Kier alpha value is -5.07. The van der Waals surface area contributed by atoms with Crippen LogP contribution in [0.15, 0.2) is 41.5 Å². The van der Waals surface area contributed by atoms with E-state index in [1.807, 2.05) is 44.4 Å². The second-order valence-electron chi connectivity index (χ2n) is 13.7. The van der Waals surface area contributed by atoms with E-state index in [9.17, 15) is 14.4 Å². The highest BCUT2D eigenvalue weighted by Crippen LogP contribution is 2.45. The minimum atomic E-state index is -0.711. The zero-order valence-corrected chi connectivity index (χ0v) is 27.6. The summed E-state index contributed by atoms with van der Waals surface area (Å²) in [5.74, 6) is -0.0395. The number of hydrogen-bond donors (Lipinski definition) is 2. The number of nitrogens with one attached hydrogen (secondary N) is 2. The van der Waals surface area contributed by atoms with Crippen LogP contribution in [0.2, 0.25) is 0 Å². The number of aromatic amines is 1. The highest BCUT2D eigenvalue weighted by molar-refractivity contribution is 6.14. The van der Waals surface area contributed by atoms with Crippen molar-refractivity contribution in [3.63, 3.8) is 0 Å². The number of benzene rings is 1. The van der Waals surface area contributed by atoms with Crippen molar-refractivity contribution in [1.29, 1.82) is 0 Å². The Morgan fingerprint density at radius 1 is 1.13 bits per heavy atom. The largest absolute Gasteiger partial charge is 0.479 e. The van der Waals surface area contributed by atoms with Crippen LogP contribution in [-0.4, -0.2) is 65.8 Å². The Labute approximate surface area is 270 Å². The lowest BCUT2D eigenvalue weighted by Crippen LogP contribution is -2.44. The number of imidazole rings is 1. The minimum absolute atomic E-state index is 0.119. The summed E-state index contributed by atoms with van der Waals surface area (Å²) < 4.78 is 22.4. The van der Waals surface area contributed by atoms with E-state index in [-0.39, 0.29) is 24.0 Å². The van der Waals surface area contributed by atoms with Crippen LogP contribution < -0.4 is 15.7 Å². The quantitative estimate of drug-likeness (QED) is 0.264. The number of fused-ring (bicyclic) bond motifs is 5. The molecule has 4 aromatic heterocycles. The molecule has 0 radical (unpaired) electrons. The zero-order valence-electron chi connectivity index (χ0n) is 27.6. The topological polar surface area (TPSA) is 147 Å². The van der Waals surface area contributed by atoms with Crippen LogP contribution in [0.5, 0.6) is 5.88 Å². The summed E-state index contributed by atoms with van der Waals surface area (Å²) in [4.78, 5) is 48.7. The number of alkyl carbamates (subject to hydrolysis) is 1. The van der Waals surface area contributed by atoms with Gasteiger partial charge in [-0.15, -0.1) is 5.10 Å². The smallest absolute Gasteiger partial charge is 0.408 e. The molecule has 47 heavy (non-hydrogen) atoms. The number of pyridine rings is 1. The molecule has 1 amide bonds. The van der Waals surface area contributed by atoms with Gasteiger partial charge in [-0.3, -0.25) is 18.6 Å². The third-order valence-corrected chi connectivity index (χ3v) is 9.20. The van der Waals surface area contributed by atoms with E-state index in [0.29, 0.717) is 35.4 Å². The van der Waals surface area contributed by atoms with Crippen molar-refractivity contribution in [3.8, 4) is 28.3 Å². The average Bonchev–Trinajstić information content (AvgIpc) is 3.74. The summed E-state index contributed by atoms with van der Waals surface area (Å²) >= 11 is 0. The molecule has 4 bridgehead atoms. The predicted molar refractivity (Wildman–Crippen MR) is 175 cm³/mol. The summed E-state index contributed by atoms with van der Waals surface area (Å²) in [6.45, 7) is 7.36. The van der Waals surface area contributed by atoms with Gasteiger partial charge in [-0.1, -0.05) is 31.2 Å². The molecule has 3 aliphatic rings. The third-order valence-electron chi connectivity index (χ3n) is 9.20. The molecule has 0 saturated heterocycles. The normalized spacial score (nSPS) is 21.2. The Balaban J connectivity index is 1.50. The highest BCUT2D eigenvalue weighted by atomic mass is 16.6. The summed E-state index contributed by atoms with van der Waals surface area (Å²) in [5.41, 5.74) is 5.23. The van der Waals surface area contributed by atoms with Crippen LogP contribution in [0.3, 0.4) is 0 Å². The number of methoxy groups -OCH3 is 1. The monoisotopic (exact) mass is 641 g/mol. The van der Waals surface area contributed by atoms with Crippen LogP contribution in [0.1, 0.15) is 64.5 Å². The van der Waals surface area contributed by atoms with Crippen molar-refractivity contribution in [3.05, 3.63) is 52.7 Å². The van der Waals surface area contributed by atoms with E-state index < -0.39 is 29.9 Å². The number of nitrogens with zero attached hydrogens (tertiary/aromatic N) is 5. The molecular weight excluding hydrogens is 602 g/mol. The number of ether oxygens (including phenoxy) is 3. The molecular formula is C34H39N7O6. The molecule has 1 fully saturated rings. The number of aryl methyl sites for hydroxylation is 2. The SMILES string of the molecule is COc1nn(C)cc1-c1[nH]c2ncc3c4c2c1-c1ccc(cc1)[C@H](C)CC(=O)O[C@@H]1C[C@H](C[C@@H]1NC(=O)OC(C)(C)C)n4c(=O)n3C. The van der Waals surface area contributed by atoms with Crippen LogP contribution in [0.25, 0.3) is 44.5 Å². The van der Waals surface area contributed by atoms with E-state index in [0.717, 1.165) is 33.3 Å². The number of aromatic nitrogens is 6. The Kier molecular flexibility index (Phi) is 7.17. The molecule has 8 rings (SSSR count). The second kappa shape index (κ2) is 11.0. The summed E-state index contributed by atoms with van der Waals surface area (Å²) in [7, 11) is 5.14. The molecule has 1 saturated carbocycles. The van der Waals surface area contributed by atoms with Crippen molar-refractivity contribution < 1.29 is 23.8 Å². The summed E-state index contributed by atoms with van der Waals surface area (Å²) in [6, 6.07) is 7.12. The van der Waals surface area contributed by atoms with Crippen molar-refractivity contribution in [2.45, 2.75) is 76.7 Å². The van der Waals surface area contributed by atoms with E-state index in [4.69, 9.17) is 19.2 Å². The van der Waals surface area contributed by atoms with Crippen LogP contribution in [-0.2, 0) is 28.4 Å². The van der Waals surface area contributed by atoms with Gasteiger partial charge >= 0.3 is 17.8 Å². The maximum Gasteiger partial charge on any atom is 0.408 e. The van der Waals surface area contributed by atoms with Crippen LogP contribution in [0.4, 0.5) is 4.79 Å². The number of H-pyrrole nitrogens is 1. The highest BCUT2D eigenvalue weighted by Gasteiger charge is 2.41. The molecule has 5 aromatic rings. The number of esters is 1. The molecule has 13 heteroatoms. The van der Waals surface area contributed by atoms with E-state index in [2.05, 4.69) is 15.4 Å². The lowest BCUT2D eigenvalue weighted by molar-refractivity contribution is -0.150. The van der Waals surface area contributed by atoms with Crippen molar-refractivity contribution >= 4 is 34.1 Å². The second-order valence-corrected chi connectivity index (χ2v) is 13.7. The van der Waals surface area contributed by atoms with Gasteiger partial charge in [-0.05, 0) is 44.2 Å². The maximum absolute atomic E-state index is 14.1. The molecule has 13 nitrogen and oxygen atoms in total. The van der Waals surface area contributed by atoms with E-state index in [1.165, 1.54) is 0 Å². The van der Waals surface area contributed by atoms with Gasteiger partial charge in [0.05, 0.1) is 53.4 Å². The number of hydrogen-bond acceptors (Lipinski definition) is 8. The summed E-state index contributed by atoms with van der Waals surface area (Å²) in [5, 5.41) is 8.21. The molecule has 246 valence electrons. The van der Waals surface area contributed by atoms with Crippen molar-refractivity contribution in [2.75, 3.05) is 7.11 Å². The Morgan fingerprint density at radius 3 is 2.57 bits per heavy atom. The van der Waals surface area contributed by atoms with Gasteiger partial charge < -0.3 is 24.5 Å². The maximum atomic E-state index is 14.1. The fourth-order valence-corrected chi connectivity index (χ4v) is 7.09. The molecule has 2 aliphatic heterocycles. The molecule has 1 aromatic carbocycles. The number of rotatable bonds is 3. The van der Waals surface area contributed by atoms with Gasteiger partial charge in [-0.2, -0.15) is 0 Å². The standard InChI is InChI=1S/C34H39N7O6/c1-17-12-25(42)46-24-14-20(13-22(24)36-32(43)47-34(2,3)4)41-29-23(40(6)33(41)44)15-35-30-27(29)26(19-10-8-18(17)9-11-19)28(37-30)21-16-39(5)38-31(21)45-7/h8-11,15-17,20,22,24H,12-14H2,1-7H3,(H,35,37)(H,36,43)/t17-,20+,22+,24-/m1/s1. The van der Waals surface area contributed by atoms with Crippen molar-refractivity contribution in [2.24, 2.45) is 14.1 Å². The molecule has 1 aliphatic carbocycles. The first-order chi connectivity index (χ1) is 22.3. The van der Waals surface area contributed by atoms with Crippen LogP contribution >= 0.6 is 0 Å². The zero-order chi connectivity index (χ0) is 33.4. The Bertz CT molecular complexity index is 2100. The summed E-state index contributed by atoms with van der Waals surface area (Å²) in [6.07, 6.45) is 3.15. The third kappa shape index (κ3) is 5.23. The minimum Gasteiger partial charge on any atom is -0.479 e. The Morgan fingerprint density at radius 2 is 1.87 bits per heavy atom. The van der Waals surface area contributed by atoms with Crippen molar-refractivity contribution in [1.82, 2.24) is 34.2 Å². The fourth-order valence-electron chi connectivity index (χ4n) is 7.09.